The summed E-state index contributed by atoms with van der Waals surface area (Å²) in [6, 6.07) is 66.6. The van der Waals surface area contributed by atoms with Crippen molar-refractivity contribution in [2.75, 3.05) is 4.90 Å². The maximum atomic E-state index is 5.34. The number of aromatic nitrogens is 2. The Morgan fingerprint density at radius 2 is 1.02 bits per heavy atom. The predicted molar refractivity (Wildman–Crippen MR) is 221 cm³/mol. The first-order chi connectivity index (χ1) is 25.8. The molecule has 0 spiro atoms. The maximum absolute atomic E-state index is 5.34. The summed E-state index contributed by atoms with van der Waals surface area (Å²) < 4.78 is 2.54. The molecule has 0 fully saturated rings. The zero-order chi connectivity index (χ0) is 34.4. The summed E-state index contributed by atoms with van der Waals surface area (Å²) in [6.07, 6.45) is 0. The van der Waals surface area contributed by atoms with Gasteiger partial charge in [-0.15, -0.1) is 11.3 Å². The van der Waals surface area contributed by atoms with Crippen molar-refractivity contribution in [1.29, 1.82) is 0 Å². The van der Waals surface area contributed by atoms with E-state index in [0.717, 1.165) is 61.4 Å². The van der Waals surface area contributed by atoms with E-state index in [-0.39, 0.29) is 0 Å². The lowest BCUT2D eigenvalue weighted by molar-refractivity contribution is 1.29. The molecular formula is C48H31N3S. The van der Waals surface area contributed by atoms with E-state index in [0.29, 0.717) is 0 Å². The molecule has 0 saturated heterocycles. The molecule has 8 aromatic carbocycles. The van der Waals surface area contributed by atoms with Gasteiger partial charge in [-0.05, 0) is 71.1 Å². The molecule has 0 atom stereocenters. The van der Waals surface area contributed by atoms with E-state index in [9.17, 15) is 0 Å². The van der Waals surface area contributed by atoms with Crippen LogP contribution in [0.1, 0.15) is 0 Å². The van der Waals surface area contributed by atoms with E-state index in [1.54, 1.807) is 0 Å². The highest BCUT2D eigenvalue weighted by molar-refractivity contribution is 7.26. The van der Waals surface area contributed by atoms with Crippen LogP contribution in [0.4, 0.5) is 17.1 Å². The molecule has 4 heteroatoms. The molecule has 0 unspecified atom stereocenters. The van der Waals surface area contributed by atoms with Gasteiger partial charge in [-0.1, -0.05) is 133 Å². The lowest BCUT2D eigenvalue weighted by Crippen LogP contribution is -2.09. The Bertz CT molecular complexity index is 2850. The Hall–Kier alpha value is -6.62. The molecule has 10 aromatic rings. The van der Waals surface area contributed by atoms with Gasteiger partial charge in [-0.25, -0.2) is 9.97 Å². The summed E-state index contributed by atoms with van der Waals surface area (Å²) in [6.45, 7) is 0. The minimum atomic E-state index is 0.889. The van der Waals surface area contributed by atoms with Crippen LogP contribution < -0.4 is 4.90 Å². The summed E-state index contributed by atoms with van der Waals surface area (Å²) in [5, 5.41) is 4.80. The van der Waals surface area contributed by atoms with Crippen LogP contribution >= 0.6 is 11.3 Å². The minimum absolute atomic E-state index is 0.889. The molecule has 0 saturated carbocycles. The standard InChI is InChI=1S/C48H31N3S/c1-5-14-32(15-6-1)46-47(33-16-7-2-8-17-33)50-48-40-27-24-34(30-35(40)25-29-42(48)49-46)39-22-13-23-43-45(39)41-28-26-38(31-44(41)52-43)51(36-18-9-3-10-19-36)37-20-11-4-12-21-37/h1-31H. The van der Waals surface area contributed by atoms with E-state index < -0.39 is 0 Å². The molecule has 0 radical (unpaired) electrons. The van der Waals surface area contributed by atoms with Gasteiger partial charge in [-0.2, -0.15) is 0 Å². The molecular weight excluding hydrogens is 651 g/mol. The molecule has 0 aliphatic carbocycles. The largest absolute Gasteiger partial charge is 0.310 e. The number of hydrogen-bond acceptors (Lipinski definition) is 4. The Labute approximate surface area is 305 Å². The highest BCUT2D eigenvalue weighted by Gasteiger charge is 2.18. The van der Waals surface area contributed by atoms with Crippen molar-refractivity contribution in [1.82, 2.24) is 9.97 Å². The van der Waals surface area contributed by atoms with Gasteiger partial charge in [-0.3, -0.25) is 0 Å². The lowest BCUT2D eigenvalue weighted by Gasteiger charge is -2.25. The average molecular weight is 682 g/mol. The minimum Gasteiger partial charge on any atom is -0.310 e. The van der Waals surface area contributed by atoms with Crippen LogP contribution in [0.2, 0.25) is 0 Å². The van der Waals surface area contributed by atoms with Gasteiger partial charge in [0, 0.05) is 53.7 Å². The summed E-state index contributed by atoms with van der Waals surface area (Å²) in [5.41, 5.74) is 11.5. The number of para-hydroxylation sites is 2. The van der Waals surface area contributed by atoms with Crippen LogP contribution in [0.3, 0.4) is 0 Å². The normalized spacial score (nSPS) is 11.5. The van der Waals surface area contributed by atoms with Crippen molar-refractivity contribution >= 4 is 70.4 Å². The number of fused-ring (bicyclic) bond motifs is 6. The second-order valence-corrected chi connectivity index (χ2v) is 14.1. The number of nitrogens with zero attached hydrogens (tertiary/aromatic N) is 3. The summed E-state index contributed by atoms with van der Waals surface area (Å²) in [4.78, 5) is 12.9. The molecule has 0 amide bonds. The lowest BCUT2D eigenvalue weighted by atomic mass is 9.96. The molecule has 10 rings (SSSR count). The molecule has 2 heterocycles. The van der Waals surface area contributed by atoms with Crippen LogP contribution in [0.5, 0.6) is 0 Å². The van der Waals surface area contributed by atoms with Gasteiger partial charge < -0.3 is 4.90 Å². The zero-order valence-corrected chi connectivity index (χ0v) is 29.0. The Kier molecular flexibility index (Phi) is 7.33. The van der Waals surface area contributed by atoms with Gasteiger partial charge in [0.05, 0.1) is 22.4 Å². The third-order valence-corrected chi connectivity index (χ3v) is 10.9. The van der Waals surface area contributed by atoms with E-state index >= 15 is 0 Å². The Balaban J connectivity index is 1.10. The van der Waals surface area contributed by atoms with E-state index in [4.69, 9.17) is 9.97 Å². The number of hydrogen-bond donors (Lipinski definition) is 0. The van der Waals surface area contributed by atoms with Gasteiger partial charge in [0.15, 0.2) is 0 Å². The average Bonchev–Trinajstić information content (AvgIpc) is 3.60. The monoisotopic (exact) mass is 681 g/mol. The molecule has 0 N–H and O–H groups in total. The first-order valence-corrected chi connectivity index (χ1v) is 18.3. The number of rotatable bonds is 6. The van der Waals surface area contributed by atoms with E-state index in [1.165, 1.54) is 31.3 Å². The second kappa shape index (κ2) is 12.6. The fourth-order valence-electron chi connectivity index (χ4n) is 7.41. The van der Waals surface area contributed by atoms with Crippen LogP contribution in [-0.4, -0.2) is 9.97 Å². The Morgan fingerprint density at radius 1 is 0.404 bits per heavy atom. The highest BCUT2D eigenvalue weighted by atomic mass is 32.1. The molecule has 3 nitrogen and oxygen atoms in total. The predicted octanol–water partition coefficient (Wildman–Crippen LogP) is 13.6. The first kappa shape index (κ1) is 30.2. The zero-order valence-electron chi connectivity index (χ0n) is 28.1. The number of thiophene rings is 1. The van der Waals surface area contributed by atoms with Gasteiger partial charge in [0.25, 0.3) is 0 Å². The number of anilines is 3. The van der Waals surface area contributed by atoms with Gasteiger partial charge >= 0.3 is 0 Å². The van der Waals surface area contributed by atoms with Crippen LogP contribution in [0, 0.1) is 0 Å². The molecule has 52 heavy (non-hydrogen) atoms. The highest BCUT2D eigenvalue weighted by Crippen LogP contribution is 2.44. The molecule has 0 bridgehead atoms. The fraction of sp³-hybridized carbons (Fsp3) is 0. The van der Waals surface area contributed by atoms with Crippen molar-refractivity contribution in [2.24, 2.45) is 0 Å². The van der Waals surface area contributed by atoms with Crippen molar-refractivity contribution < 1.29 is 0 Å². The van der Waals surface area contributed by atoms with Gasteiger partial charge in [0.1, 0.15) is 0 Å². The van der Waals surface area contributed by atoms with E-state index in [2.05, 4.69) is 181 Å². The third kappa shape index (κ3) is 5.20. The van der Waals surface area contributed by atoms with Crippen molar-refractivity contribution in [3.8, 4) is 33.6 Å². The van der Waals surface area contributed by atoms with Crippen molar-refractivity contribution in [3.63, 3.8) is 0 Å². The van der Waals surface area contributed by atoms with Crippen LogP contribution in [-0.2, 0) is 0 Å². The topological polar surface area (TPSA) is 29.0 Å². The Morgan fingerprint density at radius 3 is 1.69 bits per heavy atom. The first-order valence-electron chi connectivity index (χ1n) is 17.5. The third-order valence-electron chi connectivity index (χ3n) is 9.82. The molecule has 0 aliphatic heterocycles. The second-order valence-electron chi connectivity index (χ2n) is 13.0. The van der Waals surface area contributed by atoms with Crippen LogP contribution in [0.25, 0.3) is 75.6 Å². The summed E-state index contributed by atoms with van der Waals surface area (Å²) in [5.74, 6) is 0. The SMILES string of the molecule is c1ccc(-c2nc3ccc4cc(-c5cccc6sc7cc(N(c8ccccc8)c8ccccc8)ccc7c56)ccc4c3nc2-c2ccccc2)cc1. The van der Waals surface area contributed by atoms with Crippen molar-refractivity contribution in [2.45, 2.75) is 0 Å². The van der Waals surface area contributed by atoms with Gasteiger partial charge in [0.2, 0.25) is 0 Å². The number of benzene rings is 8. The summed E-state index contributed by atoms with van der Waals surface area (Å²) >= 11 is 1.85. The molecule has 2 aromatic heterocycles. The molecule has 244 valence electrons. The molecule has 0 aliphatic rings. The fourth-order valence-corrected chi connectivity index (χ4v) is 8.57. The van der Waals surface area contributed by atoms with Crippen LogP contribution in [0.15, 0.2) is 188 Å². The smallest absolute Gasteiger partial charge is 0.0973 e. The van der Waals surface area contributed by atoms with Crippen molar-refractivity contribution in [3.05, 3.63) is 188 Å². The summed E-state index contributed by atoms with van der Waals surface area (Å²) in [7, 11) is 0. The maximum Gasteiger partial charge on any atom is 0.0973 e. The van der Waals surface area contributed by atoms with E-state index in [1.807, 2.05) is 23.5 Å². The quantitative estimate of drug-likeness (QED) is 0.164.